The Morgan fingerprint density at radius 2 is 2.21 bits per heavy atom. The molecule has 0 amide bonds. The summed E-state index contributed by atoms with van der Waals surface area (Å²) in [5.74, 6) is 0.648. The van der Waals surface area contributed by atoms with Gasteiger partial charge in [-0.25, -0.2) is 4.39 Å². The minimum atomic E-state index is -0.0868. The van der Waals surface area contributed by atoms with Gasteiger partial charge in [-0.1, -0.05) is 12.1 Å². The molecule has 1 aromatic carbocycles. The SMILES string of the molecule is CNCC1CCCN(Cc2ccc(C)c(F)c2)C1.Cl. The molecule has 0 aliphatic carbocycles. The van der Waals surface area contributed by atoms with Crippen molar-refractivity contribution in [3.05, 3.63) is 35.1 Å². The lowest BCUT2D eigenvalue weighted by Crippen LogP contribution is -2.38. The Kier molecular flexibility index (Phi) is 6.76. The Labute approximate surface area is 121 Å². The van der Waals surface area contributed by atoms with E-state index >= 15 is 0 Å². The highest BCUT2D eigenvalue weighted by atomic mass is 35.5. The van der Waals surface area contributed by atoms with Crippen molar-refractivity contribution < 1.29 is 4.39 Å². The lowest BCUT2D eigenvalue weighted by atomic mass is 9.97. The van der Waals surface area contributed by atoms with Crippen LogP contribution in [0.1, 0.15) is 24.0 Å². The molecule has 1 fully saturated rings. The highest BCUT2D eigenvalue weighted by Gasteiger charge is 2.19. The van der Waals surface area contributed by atoms with E-state index in [0.29, 0.717) is 0 Å². The van der Waals surface area contributed by atoms with Gasteiger partial charge in [-0.15, -0.1) is 12.4 Å². The van der Waals surface area contributed by atoms with Crippen LogP contribution in [0.15, 0.2) is 18.2 Å². The van der Waals surface area contributed by atoms with Gasteiger partial charge in [0.1, 0.15) is 5.82 Å². The quantitative estimate of drug-likeness (QED) is 0.915. The van der Waals surface area contributed by atoms with Crippen molar-refractivity contribution in [3.8, 4) is 0 Å². The number of hydrogen-bond acceptors (Lipinski definition) is 2. The van der Waals surface area contributed by atoms with Gasteiger partial charge in [-0.2, -0.15) is 0 Å². The molecule has 1 aliphatic heterocycles. The van der Waals surface area contributed by atoms with Crippen molar-refractivity contribution in [1.29, 1.82) is 0 Å². The largest absolute Gasteiger partial charge is 0.319 e. The summed E-state index contributed by atoms with van der Waals surface area (Å²) in [5, 5.41) is 3.25. The van der Waals surface area contributed by atoms with Gasteiger partial charge in [0.15, 0.2) is 0 Å². The standard InChI is InChI=1S/C15H23FN2.ClH/c1-12-5-6-13(8-15(12)16)10-18-7-3-4-14(11-18)9-17-2;/h5-6,8,14,17H,3-4,7,9-11H2,1-2H3;1H. The van der Waals surface area contributed by atoms with Crippen molar-refractivity contribution in [2.45, 2.75) is 26.3 Å². The third-order valence-electron chi connectivity index (χ3n) is 3.74. The summed E-state index contributed by atoms with van der Waals surface area (Å²) in [6.45, 7) is 6.02. The molecule has 0 radical (unpaired) electrons. The van der Waals surface area contributed by atoms with Crippen LogP contribution in [0, 0.1) is 18.7 Å². The van der Waals surface area contributed by atoms with Crippen molar-refractivity contribution in [1.82, 2.24) is 10.2 Å². The molecule has 0 bridgehead atoms. The Balaban J connectivity index is 0.00000180. The molecule has 1 aliphatic rings. The predicted molar refractivity (Wildman–Crippen MR) is 80.3 cm³/mol. The first kappa shape index (κ1) is 16.4. The van der Waals surface area contributed by atoms with Gasteiger partial charge < -0.3 is 5.32 Å². The number of rotatable bonds is 4. The molecule has 1 saturated heterocycles. The molecule has 1 heterocycles. The van der Waals surface area contributed by atoms with Crippen LogP contribution in [0.5, 0.6) is 0 Å². The van der Waals surface area contributed by atoms with Gasteiger partial charge in [0.2, 0.25) is 0 Å². The van der Waals surface area contributed by atoms with Gasteiger partial charge in [0.25, 0.3) is 0 Å². The number of hydrogen-bond donors (Lipinski definition) is 1. The zero-order valence-corrected chi connectivity index (χ0v) is 12.6. The zero-order chi connectivity index (χ0) is 13.0. The maximum Gasteiger partial charge on any atom is 0.126 e. The van der Waals surface area contributed by atoms with E-state index in [2.05, 4.69) is 10.2 Å². The van der Waals surface area contributed by atoms with Gasteiger partial charge in [-0.05, 0) is 63.0 Å². The summed E-state index contributed by atoms with van der Waals surface area (Å²) in [6, 6.07) is 5.59. The average molecular weight is 287 g/mol. The number of aryl methyl sites for hydroxylation is 1. The van der Waals surface area contributed by atoms with E-state index < -0.39 is 0 Å². The monoisotopic (exact) mass is 286 g/mol. The Morgan fingerprint density at radius 1 is 1.42 bits per heavy atom. The lowest BCUT2D eigenvalue weighted by molar-refractivity contribution is 0.166. The van der Waals surface area contributed by atoms with E-state index in [1.807, 2.05) is 26.1 Å². The van der Waals surface area contributed by atoms with Crippen LogP contribution in [-0.2, 0) is 6.54 Å². The van der Waals surface area contributed by atoms with Crippen LogP contribution < -0.4 is 5.32 Å². The Hall–Kier alpha value is -0.640. The first-order chi connectivity index (χ1) is 8.69. The summed E-state index contributed by atoms with van der Waals surface area (Å²) >= 11 is 0. The number of benzene rings is 1. The zero-order valence-electron chi connectivity index (χ0n) is 11.8. The Bertz CT molecular complexity index is 396. The molecule has 2 nitrogen and oxygen atoms in total. The van der Waals surface area contributed by atoms with Crippen molar-refractivity contribution >= 4 is 12.4 Å². The number of nitrogens with zero attached hydrogens (tertiary/aromatic N) is 1. The van der Waals surface area contributed by atoms with Gasteiger partial charge in [0, 0.05) is 13.1 Å². The summed E-state index contributed by atoms with van der Waals surface area (Å²) in [5.41, 5.74) is 1.81. The van der Waals surface area contributed by atoms with Crippen LogP contribution >= 0.6 is 12.4 Å². The first-order valence-corrected chi connectivity index (χ1v) is 6.81. The number of halogens is 2. The maximum absolute atomic E-state index is 13.5. The predicted octanol–water partition coefficient (Wildman–Crippen LogP) is 2.99. The summed E-state index contributed by atoms with van der Waals surface area (Å²) in [6.07, 6.45) is 2.56. The van der Waals surface area contributed by atoms with Crippen LogP contribution in [0.2, 0.25) is 0 Å². The lowest BCUT2D eigenvalue weighted by Gasteiger charge is -2.32. The molecule has 19 heavy (non-hydrogen) atoms. The molecule has 1 unspecified atom stereocenters. The van der Waals surface area contributed by atoms with Crippen LogP contribution in [0.4, 0.5) is 4.39 Å². The third-order valence-corrected chi connectivity index (χ3v) is 3.74. The van der Waals surface area contributed by atoms with Crippen LogP contribution in [-0.4, -0.2) is 31.6 Å². The number of nitrogens with one attached hydrogen (secondary N) is 1. The minimum absolute atomic E-state index is 0. The van der Waals surface area contributed by atoms with Crippen molar-refractivity contribution in [2.75, 3.05) is 26.7 Å². The molecular weight excluding hydrogens is 263 g/mol. The Morgan fingerprint density at radius 3 is 2.89 bits per heavy atom. The highest BCUT2D eigenvalue weighted by molar-refractivity contribution is 5.85. The summed E-state index contributed by atoms with van der Waals surface area (Å²) < 4.78 is 13.5. The van der Waals surface area contributed by atoms with E-state index in [4.69, 9.17) is 0 Å². The minimum Gasteiger partial charge on any atom is -0.319 e. The average Bonchev–Trinajstić information content (AvgIpc) is 2.35. The molecular formula is C15H24ClFN2. The summed E-state index contributed by atoms with van der Waals surface area (Å²) in [7, 11) is 2.01. The summed E-state index contributed by atoms with van der Waals surface area (Å²) in [4.78, 5) is 2.44. The second-order valence-electron chi connectivity index (χ2n) is 5.38. The maximum atomic E-state index is 13.5. The molecule has 0 spiro atoms. The van der Waals surface area contributed by atoms with E-state index in [1.165, 1.54) is 12.8 Å². The van der Waals surface area contributed by atoms with E-state index in [1.54, 1.807) is 6.07 Å². The number of piperidine rings is 1. The highest BCUT2D eigenvalue weighted by Crippen LogP contribution is 2.19. The fourth-order valence-corrected chi connectivity index (χ4v) is 2.74. The van der Waals surface area contributed by atoms with Crippen LogP contribution in [0.3, 0.4) is 0 Å². The van der Waals surface area contributed by atoms with Gasteiger partial charge in [-0.3, -0.25) is 4.90 Å². The molecule has 0 saturated carbocycles. The second-order valence-corrected chi connectivity index (χ2v) is 5.38. The fraction of sp³-hybridized carbons (Fsp3) is 0.600. The second kappa shape index (κ2) is 7.83. The fourth-order valence-electron chi connectivity index (χ4n) is 2.74. The van der Waals surface area contributed by atoms with E-state index in [-0.39, 0.29) is 18.2 Å². The van der Waals surface area contributed by atoms with E-state index in [0.717, 1.165) is 43.2 Å². The molecule has 1 atom stereocenters. The van der Waals surface area contributed by atoms with Crippen molar-refractivity contribution in [3.63, 3.8) is 0 Å². The normalized spacial score (nSPS) is 20.1. The number of likely N-dealkylation sites (tertiary alicyclic amines) is 1. The molecule has 1 aromatic rings. The smallest absolute Gasteiger partial charge is 0.126 e. The van der Waals surface area contributed by atoms with Gasteiger partial charge >= 0.3 is 0 Å². The molecule has 1 N–H and O–H groups in total. The van der Waals surface area contributed by atoms with Crippen LogP contribution in [0.25, 0.3) is 0 Å². The molecule has 4 heteroatoms. The van der Waals surface area contributed by atoms with Crippen molar-refractivity contribution in [2.24, 2.45) is 5.92 Å². The molecule has 108 valence electrons. The third kappa shape index (κ3) is 4.75. The van der Waals surface area contributed by atoms with E-state index in [9.17, 15) is 4.39 Å². The first-order valence-electron chi connectivity index (χ1n) is 6.81. The molecule has 2 rings (SSSR count). The topological polar surface area (TPSA) is 15.3 Å². The van der Waals surface area contributed by atoms with Gasteiger partial charge in [0.05, 0.1) is 0 Å². The molecule has 0 aromatic heterocycles.